The summed E-state index contributed by atoms with van der Waals surface area (Å²) in [6, 6.07) is 18.7. The zero-order valence-electron chi connectivity index (χ0n) is 13.6. The Balaban J connectivity index is 1.78. The highest BCUT2D eigenvalue weighted by atomic mass is 32.2. The number of hydrogen-bond acceptors (Lipinski definition) is 6. The van der Waals surface area contributed by atoms with E-state index in [1.807, 2.05) is 35.0 Å². The van der Waals surface area contributed by atoms with Crippen LogP contribution < -0.4 is 10.4 Å². The van der Waals surface area contributed by atoms with Crippen molar-refractivity contribution >= 4 is 39.3 Å². The fraction of sp³-hybridized carbons (Fsp3) is 0.278. The second-order valence-corrected chi connectivity index (χ2v) is 8.09. The topological polar surface area (TPSA) is 36.9 Å². The largest absolute Gasteiger partial charge is 0.362 e. The van der Waals surface area contributed by atoms with Crippen molar-refractivity contribution in [2.75, 3.05) is 30.3 Å². The molecule has 4 rings (SSSR count). The van der Waals surface area contributed by atoms with Crippen LogP contribution >= 0.6 is 23.5 Å². The summed E-state index contributed by atoms with van der Waals surface area (Å²) in [7, 11) is 1.73. The molecule has 0 radical (unpaired) electrons. The van der Waals surface area contributed by atoms with Crippen molar-refractivity contribution in [1.29, 1.82) is 0 Å². The van der Waals surface area contributed by atoms with Gasteiger partial charge in [0.05, 0.1) is 19.3 Å². The predicted molar refractivity (Wildman–Crippen MR) is 105 cm³/mol. The van der Waals surface area contributed by atoms with Crippen LogP contribution in [0.2, 0.25) is 0 Å². The number of nitrogens with zero attached hydrogens (tertiary/aromatic N) is 2. The third-order valence-electron chi connectivity index (χ3n) is 4.43. The van der Waals surface area contributed by atoms with Crippen molar-refractivity contribution in [3.8, 4) is 0 Å². The summed E-state index contributed by atoms with van der Waals surface area (Å²) >= 11 is 3.55. The maximum Gasteiger partial charge on any atom is 0.146 e. The maximum absolute atomic E-state index is 5.78. The standard InChI is InChI=1S/C18H19N3OS2/c1-22-21-15-11-7-6-10-14(15)18(12-19-17(23-2)24-18)16(21)20-13-8-4-3-5-9-13/h3-11,16,20H,12H2,1-2H3/t16-,18+/m1/s1. The molecular formula is C18H19N3OS2. The lowest BCUT2D eigenvalue weighted by Crippen LogP contribution is -2.48. The number of rotatable bonds is 3. The Kier molecular flexibility index (Phi) is 4.20. The second-order valence-electron chi connectivity index (χ2n) is 5.72. The summed E-state index contributed by atoms with van der Waals surface area (Å²) < 4.78 is 0.948. The molecule has 2 aromatic carbocycles. The molecule has 0 bridgehead atoms. The average Bonchev–Trinajstić information content (AvgIpc) is 3.18. The Hall–Kier alpha value is -1.63. The molecule has 2 atom stereocenters. The number of hydrogen-bond donors (Lipinski definition) is 1. The Bertz CT molecular complexity index is 768. The molecule has 0 saturated heterocycles. The summed E-state index contributed by atoms with van der Waals surface area (Å²) in [5, 5.41) is 5.64. The maximum atomic E-state index is 5.78. The number of para-hydroxylation sites is 2. The Morgan fingerprint density at radius 2 is 1.96 bits per heavy atom. The van der Waals surface area contributed by atoms with Crippen LogP contribution in [-0.4, -0.2) is 30.5 Å². The molecule has 0 amide bonds. The van der Waals surface area contributed by atoms with E-state index in [9.17, 15) is 0 Å². The van der Waals surface area contributed by atoms with Gasteiger partial charge in [-0.05, 0) is 24.5 Å². The van der Waals surface area contributed by atoms with Gasteiger partial charge < -0.3 is 5.32 Å². The van der Waals surface area contributed by atoms with E-state index in [4.69, 9.17) is 9.83 Å². The molecular weight excluding hydrogens is 338 g/mol. The SMILES string of the molecule is CON1c2ccccc2[C@@]2(CN=C(SC)S2)[C@@H]1Nc1ccccc1. The van der Waals surface area contributed by atoms with Crippen molar-refractivity contribution in [2.45, 2.75) is 10.9 Å². The van der Waals surface area contributed by atoms with Crippen LogP contribution in [0.4, 0.5) is 11.4 Å². The van der Waals surface area contributed by atoms with Crippen LogP contribution in [-0.2, 0) is 9.58 Å². The fourth-order valence-electron chi connectivity index (χ4n) is 3.36. The molecule has 2 aliphatic rings. The molecule has 0 unspecified atom stereocenters. The Labute approximate surface area is 150 Å². The van der Waals surface area contributed by atoms with Gasteiger partial charge in [0.2, 0.25) is 0 Å². The first kappa shape index (κ1) is 15.9. The van der Waals surface area contributed by atoms with Gasteiger partial charge in [0.15, 0.2) is 0 Å². The highest BCUT2D eigenvalue weighted by Gasteiger charge is 2.55. The molecule has 0 fully saturated rings. The molecule has 1 spiro atoms. The molecule has 6 heteroatoms. The smallest absolute Gasteiger partial charge is 0.146 e. The highest BCUT2D eigenvalue weighted by Crippen LogP contribution is 2.56. The fourth-order valence-corrected chi connectivity index (χ4v) is 5.45. The van der Waals surface area contributed by atoms with Crippen LogP contribution in [0.25, 0.3) is 0 Å². The van der Waals surface area contributed by atoms with Gasteiger partial charge in [0.1, 0.15) is 15.3 Å². The number of anilines is 2. The molecule has 0 saturated carbocycles. The lowest BCUT2D eigenvalue weighted by Gasteiger charge is -2.35. The van der Waals surface area contributed by atoms with E-state index in [0.29, 0.717) is 0 Å². The summed E-state index contributed by atoms with van der Waals surface area (Å²) in [4.78, 5) is 10.5. The van der Waals surface area contributed by atoms with Crippen molar-refractivity contribution in [1.82, 2.24) is 0 Å². The molecule has 1 N–H and O–H groups in total. The van der Waals surface area contributed by atoms with Crippen molar-refractivity contribution in [3.05, 3.63) is 60.2 Å². The molecule has 2 aromatic rings. The normalized spacial score (nSPS) is 25.0. The number of nitrogens with one attached hydrogen (secondary N) is 1. The number of hydroxylamine groups is 1. The molecule has 4 nitrogen and oxygen atoms in total. The van der Waals surface area contributed by atoms with Gasteiger partial charge in [-0.2, -0.15) is 0 Å². The predicted octanol–water partition coefficient (Wildman–Crippen LogP) is 4.17. The minimum absolute atomic E-state index is 0.0271. The van der Waals surface area contributed by atoms with E-state index in [2.05, 4.69) is 48.0 Å². The van der Waals surface area contributed by atoms with E-state index in [0.717, 1.165) is 22.3 Å². The van der Waals surface area contributed by atoms with Gasteiger partial charge >= 0.3 is 0 Å². The highest BCUT2D eigenvalue weighted by molar-refractivity contribution is 8.39. The van der Waals surface area contributed by atoms with Gasteiger partial charge in [-0.25, -0.2) is 5.06 Å². The van der Waals surface area contributed by atoms with E-state index < -0.39 is 0 Å². The molecule has 24 heavy (non-hydrogen) atoms. The van der Waals surface area contributed by atoms with Crippen molar-refractivity contribution < 1.29 is 4.84 Å². The molecule has 124 valence electrons. The Morgan fingerprint density at radius 1 is 1.21 bits per heavy atom. The van der Waals surface area contributed by atoms with Gasteiger partial charge in [-0.1, -0.05) is 48.2 Å². The van der Waals surface area contributed by atoms with Gasteiger partial charge in [0.25, 0.3) is 0 Å². The van der Waals surface area contributed by atoms with Crippen LogP contribution in [0.5, 0.6) is 0 Å². The van der Waals surface area contributed by atoms with E-state index in [-0.39, 0.29) is 10.9 Å². The number of thioether (sulfide) groups is 2. The minimum atomic E-state index is -0.180. The zero-order valence-corrected chi connectivity index (χ0v) is 15.2. The van der Waals surface area contributed by atoms with Crippen LogP contribution in [0, 0.1) is 0 Å². The zero-order chi connectivity index (χ0) is 16.6. The van der Waals surface area contributed by atoms with E-state index >= 15 is 0 Å². The van der Waals surface area contributed by atoms with Crippen molar-refractivity contribution in [3.63, 3.8) is 0 Å². The molecule has 2 heterocycles. The number of aliphatic imine (C=N–C) groups is 1. The van der Waals surface area contributed by atoms with Crippen LogP contribution in [0.15, 0.2) is 59.6 Å². The average molecular weight is 358 g/mol. The lowest BCUT2D eigenvalue weighted by molar-refractivity contribution is 0.145. The first-order chi connectivity index (χ1) is 11.8. The third-order valence-corrected chi connectivity index (χ3v) is 6.90. The third kappa shape index (κ3) is 2.41. The first-order valence-corrected chi connectivity index (χ1v) is 9.84. The number of fused-ring (bicyclic) bond motifs is 2. The van der Waals surface area contributed by atoms with E-state index in [1.165, 1.54) is 5.56 Å². The first-order valence-electron chi connectivity index (χ1n) is 7.80. The van der Waals surface area contributed by atoms with E-state index in [1.54, 1.807) is 18.9 Å². The van der Waals surface area contributed by atoms with Crippen LogP contribution in [0.3, 0.4) is 0 Å². The monoisotopic (exact) mass is 357 g/mol. The second kappa shape index (κ2) is 6.35. The molecule has 2 aliphatic heterocycles. The van der Waals surface area contributed by atoms with Gasteiger partial charge in [-0.15, -0.1) is 11.8 Å². The van der Waals surface area contributed by atoms with Crippen LogP contribution in [0.1, 0.15) is 5.56 Å². The summed E-state index contributed by atoms with van der Waals surface area (Å²) in [6.45, 7) is 0.745. The number of benzene rings is 2. The molecule has 0 aliphatic carbocycles. The lowest BCUT2D eigenvalue weighted by atomic mass is 9.97. The quantitative estimate of drug-likeness (QED) is 0.892. The van der Waals surface area contributed by atoms with Gasteiger partial charge in [0, 0.05) is 11.3 Å². The molecule has 0 aromatic heterocycles. The summed E-state index contributed by atoms with van der Waals surface area (Å²) in [6.07, 6.45) is 2.06. The summed E-state index contributed by atoms with van der Waals surface area (Å²) in [5.74, 6) is 0. The summed E-state index contributed by atoms with van der Waals surface area (Å²) in [5.41, 5.74) is 3.46. The minimum Gasteiger partial charge on any atom is -0.362 e. The Morgan fingerprint density at radius 3 is 2.67 bits per heavy atom. The van der Waals surface area contributed by atoms with Crippen molar-refractivity contribution in [2.24, 2.45) is 4.99 Å². The van der Waals surface area contributed by atoms with Gasteiger partial charge in [-0.3, -0.25) is 9.83 Å².